The molecule has 0 saturated carbocycles. The van der Waals surface area contributed by atoms with Crippen molar-refractivity contribution in [3.8, 4) is 0 Å². The van der Waals surface area contributed by atoms with E-state index in [0.29, 0.717) is 6.54 Å². The fourth-order valence-electron chi connectivity index (χ4n) is 0.858. The number of rotatable bonds is 4. The van der Waals surface area contributed by atoms with Gasteiger partial charge in [0.1, 0.15) is 0 Å². The zero-order valence-electron chi connectivity index (χ0n) is 7.29. The predicted octanol–water partition coefficient (Wildman–Crippen LogP) is 2.04. The Kier molecular flexibility index (Phi) is 4.11. The summed E-state index contributed by atoms with van der Waals surface area (Å²) in [6.07, 6.45) is 1.18. The first-order chi connectivity index (χ1) is 5.86. The molecule has 1 aromatic heterocycles. The summed E-state index contributed by atoms with van der Waals surface area (Å²) >= 11 is 1.78. The highest BCUT2D eigenvalue weighted by atomic mass is 32.2. The van der Waals surface area contributed by atoms with Gasteiger partial charge in [0.05, 0.1) is 10.7 Å². The van der Waals surface area contributed by atoms with E-state index in [4.69, 9.17) is 5.73 Å². The van der Waals surface area contributed by atoms with Crippen molar-refractivity contribution in [2.45, 2.75) is 24.9 Å². The van der Waals surface area contributed by atoms with Crippen LogP contribution in [0, 0.1) is 0 Å². The van der Waals surface area contributed by atoms with Gasteiger partial charge in [-0.1, -0.05) is 13.0 Å². The van der Waals surface area contributed by atoms with Crippen molar-refractivity contribution in [1.82, 2.24) is 4.98 Å². The molecule has 0 saturated heterocycles. The third-order valence-corrected chi connectivity index (χ3v) is 2.58. The molecule has 0 aromatic carbocycles. The van der Waals surface area contributed by atoms with E-state index in [1.165, 1.54) is 6.42 Å². The van der Waals surface area contributed by atoms with Gasteiger partial charge in [-0.25, -0.2) is 4.98 Å². The number of thioether (sulfide) groups is 1. The molecule has 1 heterocycles. The lowest BCUT2D eigenvalue weighted by Crippen LogP contribution is -1.99. The average Bonchev–Trinajstić information content (AvgIpc) is 2.15. The Morgan fingerprint density at radius 3 is 3.00 bits per heavy atom. The molecule has 0 amide bonds. The number of aromatic nitrogens is 1. The molecule has 3 heteroatoms. The second kappa shape index (κ2) is 5.17. The van der Waals surface area contributed by atoms with Gasteiger partial charge in [0.15, 0.2) is 0 Å². The highest BCUT2D eigenvalue weighted by Crippen LogP contribution is 2.15. The van der Waals surface area contributed by atoms with Crippen molar-refractivity contribution < 1.29 is 0 Å². The molecule has 0 spiro atoms. The maximum Gasteiger partial charge on any atom is 0.0963 e. The van der Waals surface area contributed by atoms with E-state index >= 15 is 0 Å². The van der Waals surface area contributed by atoms with Crippen LogP contribution in [-0.4, -0.2) is 10.7 Å². The third kappa shape index (κ3) is 2.83. The fourth-order valence-corrected chi connectivity index (χ4v) is 1.63. The average molecular weight is 182 g/mol. The minimum absolute atomic E-state index is 0.528. The number of hydrogen-bond acceptors (Lipinski definition) is 3. The Morgan fingerprint density at radius 1 is 1.50 bits per heavy atom. The van der Waals surface area contributed by atoms with Crippen LogP contribution in [0.1, 0.15) is 19.0 Å². The molecular weight excluding hydrogens is 168 g/mol. The Balaban J connectivity index is 2.60. The molecule has 0 aliphatic heterocycles. The predicted molar refractivity (Wildman–Crippen MR) is 53.1 cm³/mol. The molecule has 0 atom stereocenters. The molecule has 0 aliphatic carbocycles. The summed E-state index contributed by atoms with van der Waals surface area (Å²) in [5.41, 5.74) is 6.44. The Hall–Kier alpha value is -0.540. The molecule has 2 nitrogen and oxygen atoms in total. The van der Waals surface area contributed by atoms with Crippen LogP contribution in [0.5, 0.6) is 0 Å². The normalized spacial score (nSPS) is 10.2. The standard InChI is InChI=1S/C9H14N2S/c1-2-6-12-9-5-3-4-8(7-10)11-9/h3-5H,2,6-7,10H2,1H3. The van der Waals surface area contributed by atoms with Crippen molar-refractivity contribution in [2.24, 2.45) is 5.73 Å². The summed E-state index contributed by atoms with van der Waals surface area (Å²) in [7, 11) is 0. The number of nitrogens with two attached hydrogens (primary N) is 1. The number of nitrogens with zero attached hydrogens (tertiary/aromatic N) is 1. The number of hydrogen-bond donors (Lipinski definition) is 1. The molecule has 2 N–H and O–H groups in total. The topological polar surface area (TPSA) is 38.9 Å². The van der Waals surface area contributed by atoms with Gasteiger partial charge in [-0.05, 0) is 24.3 Å². The minimum atomic E-state index is 0.528. The highest BCUT2D eigenvalue weighted by molar-refractivity contribution is 7.99. The summed E-state index contributed by atoms with van der Waals surface area (Å²) in [4.78, 5) is 4.37. The van der Waals surface area contributed by atoms with Crippen LogP contribution < -0.4 is 5.73 Å². The summed E-state index contributed by atoms with van der Waals surface area (Å²) in [6, 6.07) is 5.99. The van der Waals surface area contributed by atoms with Crippen molar-refractivity contribution in [3.05, 3.63) is 23.9 Å². The summed E-state index contributed by atoms with van der Waals surface area (Å²) < 4.78 is 0. The molecule has 0 fully saturated rings. The summed E-state index contributed by atoms with van der Waals surface area (Å²) in [6.45, 7) is 2.69. The van der Waals surface area contributed by atoms with E-state index in [2.05, 4.69) is 11.9 Å². The SMILES string of the molecule is CCCSc1cccc(CN)n1. The van der Waals surface area contributed by atoms with Gasteiger partial charge in [0.2, 0.25) is 0 Å². The van der Waals surface area contributed by atoms with Gasteiger partial charge >= 0.3 is 0 Å². The van der Waals surface area contributed by atoms with Gasteiger partial charge in [-0.3, -0.25) is 0 Å². The van der Waals surface area contributed by atoms with Crippen molar-refractivity contribution >= 4 is 11.8 Å². The van der Waals surface area contributed by atoms with Crippen LogP contribution >= 0.6 is 11.8 Å². The first kappa shape index (κ1) is 9.55. The molecule has 0 aliphatic rings. The molecular formula is C9H14N2S. The van der Waals surface area contributed by atoms with E-state index < -0.39 is 0 Å². The molecule has 0 bridgehead atoms. The lowest BCUT2D eigenvalue weighted by atomic mass is 10.4. The van der Waals surface area contributed by atoms with Crippen LogP contribution in [0.2, 0.25) is 0 Å². The summed E-state index contributed by atoms with van der Waals surface area (Å²) in [5.74, 6) is 1.13. The Labute approximate surface area is 77.6 Å². The van der Waals surface area contributed by atoms with E-state index in [1.807, 2.05) is 18.2 Å². The third-order valence-electron chi connectivity index (χ3n) is 1.44. The first-order valence-corrected chi connectivity index (χ1v) is 5.14. The molecule has 1 aromatic rings. The van der Waals surface area contributed by atoms with E-state index in [-0.39, 0.29) is 0 Å². The van der Waals surface area contributed by atoms with Gasteiger partial charge in [0, 0.05) is 6.54 Å². The van der Waals surface area contributed by atoms with Crippen LogP contribution in [0.25, 0.3) is 0 Å². The lowest BCUT2D eigenvalue weighted by molar-refractivity contribution is 0.940. The first-order valence-electron chi connectivity index (χ1n) is 4.15. The second-order valence-corrected chi connectivity index (χ2v) is 3.63. The second-order valence-electron chi connectivity index (χ2n) is 2.52. The zero-order chi connectivity index (χ0) is 8.81. The van der Waals surface area contributed by atoms with Crippen molar-refractivity contribution in [1.29, 1.82) is 0 Å². The van der Waals surface area contributed by atoms with Crippen molar-refractivity contribution in [2.75, 3.05) is 5.75 Å². The lowest BCUT2D eigenvalue weighted by Gasteiger charge is -2.00. The van der Waals surface area contributed by atoms with E-state index in [1.54, 1.807) is 11.8 Å². The van der Waals surface area contributed by atoms with Crippen LogP contribution in [0.4, 0.5) is 0 Å². The van der Waals surface area contributed by atoms with E-state index in [9.17, 15) is 0 Å². The Morgan fingerprint density at radius 2 is 2.33 bits per heavy atom. The molecule has 1 rings (SSSR count). The maximum absolute atomic E-state index is 5.48. The van der Waals surface area contributed by atoms with Gasteiger partial charge < -0.3 is 5.73 Å². The smallest absolute Gasteiger partial charge is 0.0963 e. The molecule has 66 valence electrons. The fraction of sp³-hybridized carbons (Fsp3) is 0.444. The van der Waals surface area contributed by atoms with E-state index in [0.717, 1.165) is 16.5 Å². The van der Waals surface area contributed by atoms with Gasteiger partial charge in [-0.15, -0.1) is 11.8 Å². The largest absolute Gasteiger partial charge is 0.325 e. The molecule has 0 unspecified atom stereocenters. The minimum Gasteiger partial charge on any atom is -0.325 e. The maximum atomic E-state index is 5.48. The van der Waals surface area contributed by atoms with Crippen molar-refractivity contribution in [3.63, 3.8) is 0 Å². The van der Waals surface area contributed by atoms with Crippen LogP contribution in [-0.2, 0) is 6.54 Å². The number of pyridine rings is 1. The van der Waals surface area contributed by atoms with Crippen LogP contribution in [0.15, 0.2) is 23.2 Å². The molecule has 0 radical (unpaired) electrons. The molecule has 12 heavy (non-hydrogen) atoms. The van der Waals surface area contributed by atoms with Gasteiger partial charge in [0.25, 0.3) is 0 Å². The zero-order valence-corrected chi connectivity index (χ0v) is 8.10. The monoisotopic (exact) mass is 182 g/mol. The summed E-state index contributed by atoms with van der Waals surface area (Å²) in [5, 5.41) is 1.08. The highest BCUT2D eigenvalue weighted by Gasteiger charge is 1.95. The van der Waals surface area contributed by atoms with Crippen LogP contribution in [0.3, 0.4) is 0 Å². The quantitative estimate of drug-likeness (QED) is 0.724. The van der Waals surface area contributed by atoms with Gasteiger partial charge in [-0.2, -0.15) is 0 Å². The Bertz CT molecular complexity index is 238.